The van der Waals surface area contributed by atoms with E-state index in [-0.39, 0.29) is 27.8 Å². The number of nitrogens with zero attached hydrogens (tertiary/aromatic N) is 3. The molecule has 1 amide bonds. The normalized spacial score (nSPS) is 18.3. The van der Waals surface area contributed by atoms with Crippen LogP contribution in [0, 0.1) is 5.92 Å². The highest BCUT2D eigenvalue weighted by atomic mass is 32.2. The largest absolute Gasteiger partial charge is 0.350 e. The molecule has 1 atom stereocenters. The highest BCUT2D eigenvalue weighted by Gasteiger charge is 2.25. The molecule has 5 rings (SSSR count). The van der Waals surface area contributed by atoms with Crippen LogP contribution < -0.4 is 15.1 Å². The predicted molar refractivity (Wildman–Crippen MR) is 159 cm³/mol. The van der Waals surface area contributed by atoms with Gasteiger partial charge in [0.15, 0.2) is 16.1 Å². The molecule has 1 aromatic heterocycles. The molecule has 0 radical (unpaired) electrons. The van der Waals surface area contributed by atoms with Crippen LogP contribution in [0.4, 0.5) is 5.95 Å². The summed E-state index contributed by atoms with van der Waals surface area (Å²) in [4.78, 5) is 28.7. The summed E-state index contributed by atoms with van der Waals surface area (Å²) in [6, 6.07) is 12.8. The predicted octanol–water partition coefficient (Wildman–Crippen LogP) is 2.93. The van der Waals surface area contributed by atoms with Gasteiger partial charge in [0, 0.05) is 56.9 Å². The Labute approximate surface area is 251 Å². The molecule has 2 aliphatic rings. The molecule has 3 heterocycles. The fourth-order valence-electron chi connectivity index (χ4n) is 5.05. The van der Waals surface area contributed by atoms with Crippen molar-refractivity contribution in [3.63, 3.8) is 0 Å². The quantitative estimate of drug-likeness (QED) is 0.320. The number of carbonyl (C=O) groups is 1. The highest BCUT2D eigenvalue weighted by molar-refractivity contribution is 7.90. The number of rotatable bonds is 10. The van der Waals surface area contributed by atoms with Crippen molar-refractivity contribution in [2.24, 2.45) is 5.92 Å². The first-order valence-electron chi connectivity index (χ1n) is 14.1. The van der Waals surface area contributed by atoms with Crippen molar-refractivity contribution < 1.29 is 31.2 Å². The van der Waals surface area contributed by atoms with Crippen molar-refractivity contribution in [2.75, 3.05) is 37.4 Å². The summed E-state index contributed by atoms with van der Waals surface area (Å²) in [5, 5.41) is 0. The number of aromatic nitrogens is 2. The Kier molecular flexibility index (Phi) is 9.72. The van der Waals surface area contributed by atoms with Gasteiger partial charge in [-0.05, 0) is 55.4 Å². The van der Waals surface area contributed by atoms with E-state index in [1.54, 1.807) is 36.4 Å². The van der Waals surface area contributed by atoms with Gasteiger partial charge in [-0.1, -0.05) is 30.3 Å². The number of nitrogens with one attached hydrogen (secondary N) is 2. The number of benzene rings is 2. The maximum atomic E-state index is 13.3. The van der Waals surface area contributed by atoms with Gasteiger partial charge in [-0.15, -0.1) is 0 Å². The van der Waals surface area contributed by atoms with Crippen molar-refractivity contribution in [1.82, 2.24) is 20.2 Å². The maximum Gasteiger partial charge on any atom is 0.278 e. The van der Waals surface area contributed by atoms with Gasteiger partial charge in [-0.2, -0.15) is 0 Å². The van der Waals surface area contributed by atoms with Crippen LogP contribution in [0.1, 0.15) is 42.5 Å². The van der Waals surface area contributed by atoms with Crippen molar-refractivity contribution in [3.05, 3.63) is 66.5 Å². The third-order valence-electron chi connectivity index (χ3n) is 7.55. The summed E-state index contributed by atoms with van der Waals surface area (Å²) >= 11 is 0. The number of hydroxylamine groups is 1. The molecule has 43 heavy (non-hydrogen) atoms. The van der Waals surface area contributed by atoms with Gasteiger partial charge in [0.05, 0.1) is 15.4 Å². The first kappa shape index (κ1) is 31.0. The van der Waals surface area contributed by atoms with E-state index in [2.05, 4.69) is 20.2 Å². The standard InChI is InChI=1S/C29H35N5O7S2/c1-42(36,37)24-11-9-22(10-12-24)25-6-2-3-7-26(25)43(38,39)32-18-21-13-15-34(16-14-21)29-30-19-23(20-31-29)28(35)33-41-27-8-4-5-17-40-27/h2-3,6-7,9-12,19-21,27,32H,4-5,8,13-18H2,1H3,(H,33,35). The number of ether oxygens (including phenoxy) is 1. The van der Waals surface area contributed by atoms with Gasteiger partial charge < -0.3 is 9.64 Å². The summed E-state index contributed by atoms with van der Waals surface area (Å²) < 4.78 is 58.5. The zero-order chi connectivity index (χ0) is 30.5. The van der Waals surface area contributed by atoms with Crippen LogP contribution in [0.15, 0.2) is 70.7 Å². The van der Waals surface area contributed by atoms with Crippen LogP contribution in [0.2, 0.25) is 0 Å². The van der Waals surface area contributed by atoms with Gasteiger partial charge >= 0.3 is 0 Å². The second kappa shape index (κ2) is 13.5. The molecule has 2 aromatic carbocycles. The summed E-state index contributed by atoms with van der Waals surface area (Å²) in [7, 11) is -7.19. The number of sulfone groups is 1. The molecule has 3 aromatic rings. The molecular formula is C29H35N5O7S2. The van der Waals surface area contributed by atoms with Gasteiger partial charge in [0.2, 0.25) is 16.0 Å². The number of piperidine rings is 1. The smallest absolute Gasteiger partial charge is 0.278 e. The van der Waals surface area contributed by atoms with Crippen molar-refractivity contribution >= 4 is 31.7 Å². The zero-order valence-electron chi connectivity index (χ0n) is 23.8. The average Bonchev–Trinajstić information content (AvgIpc) is 3.03. The van der Waals surface area contributed by atoms with Crippen LogP contribution in [-0.4, -0.2) is 71.5 Å². The van der Waals surface area contributed by atoms with E-state index in [1.807, 2.05) is 4.90 Å². The van der Waals surface area contributed by atoms with Crippen molar-refractivity contribution in [1.29, 1.82) is 0 Å². The summed E-state index contributed by atoms with van der Waals surface area (Å²) in [6.45, 7) is 2.18. The van der Waals surface area contributed by atoms with Crippen molar-refractivity contribution in [2.45, 2.75) is 48.2 Å². The zero-order valence-corrected chi connectivity index (χ0v) is 25.4. The fourth-order valence-corrected chi connectivity index (χ4v) is 7.02. The lowest BCUT2D eigenvalue weighted by atomic mass is 9.97. The van der Waals surface area contributed by atoms with E-state index in [0.717, 1.165) is 38.4 Å². The van der Waals surface area contributed by atoms with Crippen molar-refractivity contribution in [3.8, 4) is 11.1 Å². The van der Waals surface area contributed by atoms with Crippen LogP contribution >= 0.6 is 0 Å². The fraction of sp³-hybridized carbons (Fsp3) is 0.414. The molecule has 1 unspecified atom stereocenters. The van der Waals surface area contributed by atoms with E-state index in [9.17, 15) is 21.6 Å². The number of anilines is 1. The topological polar surface area (TPSA) is 157 Å². The number of hydrogen-bond acceptors (Lipinski definition) is 10. The van der Waals surface area contributed by atoms with Gasteiger partial charge in [-0.25, -0.2) is 41.8 Å². The lowest BCUT2D eigenvalue weighted by Gasteiger charge is -2.32. The molecule has 2 fully saturated rings. The summed E-state index contributed by atoms with van der Waals surface area (Å²) in [6.07, 6.45) is 7.75. The molecule has 12 nitrogen and oxygen atoms in total. The van der Waals surface area contributed by atoms with Gasteiger partial charge in [0.25, 0.3) is 5.91 Å². The Hall–Kier alpha value is -3.43. The third kappa shape index (κ3) is 7.95. The van der Waals surface area contributed by atoms with E-state index >= 15 is 0 Å². The number of amides is 1. The van der Waals surface area contributed by atoms with Crippen LogP contribution in [0.5, 0.6) is 0 Å². The Morgan fingerprint density at radius 3 is 2.33 bits per heavy atom. The second-order valence-electron chi connectivity index (χ2n) is 10.7. The van der Waals surface area contributed by atoms with Crippen LogP contribution in [-0.2, 0) is 29.4 Å². The first-order chi connectivity index (χ1) is 20.6. The Bertz CT molecular complexity index is 1620. The Morgan fingerprint density at radius 2 is 1.67 bits per heavy atom. The van der Waals surface area contributed by atoms with E-state index in [0.29, 0.717) is 36.8 Å². The molecule has 2 aliphatic heterocycles. The molecule has 0 saturated carbocycles. The Balaban J connectivity index is 1.13. The van der Waals surface area contributed by atoms with Gasteiger partial charge in [-0.3, -0.25) is 4.79 Å². The molecule has 14 heteroatoms. The van der Waals surface area contributed by atoms with Gasteiger partial charge in [0.1, 0.15) is 0 Å². The number of hydrogen-bond donors (Lipinski definition) is 2. The second-order valence-corrected chi connectivity index (χ2v) is 14.4. The molecule has 0 aliphatic carbocycles. The first-order valence-corrected chi connectivity index (χ1v) is 17.5. The third-order valence-corrected chi connectivity index (χ3v) is 10.2. The minimum absolute atomic E-state index is 0.122. The molecule has 0 bridgehead atoms. The van der Waals surface area contributed by atoms with E-state index in [1.165, 1.54) is 24.5 Å². The Morgan fingerprint density at radius 1 is 0.977 bits per heavy atom. The highest BCUT2D eigenvalue weighted by Crippen LogP contribution is 2.29. The lowest BCUT2D eigenvalue weighted by Crippen LogP contribution is -2.39. The monoisotopic (exact) mass is 629 g/mol. The SMILES string of the molecule is CS(=O)(=O)c1ccc(-c2ccccc2S(=O)(=O)NCC2CCN(c3ncc(C(=O)NOC4CCCCO4)cn3)CC2)cc1. The summed E-state index contributed by atoms with van der Waals surface area (Å²) in [5.74, 6) is 0.179. The molecular weight excluding hydrogens is 594 g/mol. The number of carbonyl (C=O) groups excluding carboxylic acids is 1. The van der Waals surface area contributed by atoms with Crippen LogP contribution in [0.3, 0.4) is 0 Å². The average molecular weight is 630 g/mol. The van der Waals surface area contributed by atoms with Crippen LogP contribution in [0.25, 0.3) is 11.1 Å². The molecule has 2 N–H and O–H groups in total. The number of sulfonamides is 1. The lowest BCUT2D eigenvalue weighted by molar-refractivity contribution is -0.186. The molecule has 0 spiro atoms. The minimum Gasteiger partial charge on any atom is -0.350 e. The maximum absolute atomic E-state index is 13.3. The molecule has 230 valence electrons. The summed E-state index contributed by atoms with van der Waals surface area (Å²) in [5.41, 5.74) is 3.77. The van der Waals surface area contributed by atoms with E-state index in [4.69, 9.17) is 9.57 Å². The minimum atomic E-state index is -3.83. The van der Waals surface area contributed by atoms with E-state index < -0.39 is 32.1 Å². The molecule has 2 saturated heterocycles.